The maximum Gasteiger partial charge on any atom is 0.263 e. The summed E-state index contributed by atoms with van der Waals surface area (Å²) in [7, 11) is -3.69. The Labute approximate surface area is 181 Å². The largest absolute Gasteiger partial charge is 0.302 e. The van der Waals surface area contributed by atoms with Crippen LogP contribution in [0.4, 0.5) is 10.3 Å². The molecular formula is C20H18N4O3S3. The third kappa shape index (κ3) is 4.84. The standard InChI is InChI=1S/C20H18N4O3S3/c1-13-6-9-15(10-7-13)30(26,27)24-20-21-14(12-28-20)8-11-18(25)23-19-22-16-4-2-3-5-17(16)29-19/h2-7,9-10,12H,8,11H2,1H3,(H,21,24)(H,22,23,25). The molecule has 0 fully saturated rings. The first kappa shape index (κ1) is 20.5. The number of benzene rings is 2. The van der Waals surface area contributed by atoms with E-state index in [-0.39, 0.29) is 22.4 Å². The van der Waals surface area contributed by atoms with Crippen LogP contribution in [0.1, 0.15) is 17.7 Å². The number of nitrogens with one attached hydrogen (secondary N) is 2. The van der Waals surface area contributed by atoms with Gasteiger partial charge in [0.15, 0.2) is 10.3 Å². The van der Waals surface area contributed by atoms with Crippen LogP contribution in [0, 0.1) is 6.92 Å². The topological polar surface area (TPSA) is 101 Å². The van der Waals surface area contributed by atoms with Crippen molar-refractivity contribution < 1.29 is 13.2 Å². The second-order valence-electron chi connectivity index (χ2n) is 6.60. The lowest BCUT2D eigenvalue weighted by atomic mass is 10.2. The molecule has 0 aliphatic carbocycles. The number of hydrogen-bond donors (Lipinski definition) is 2. The van der Waals surface area contributed by atoms with Gasteiger partial charge >= 0.3 is 0 Å². The molecule has 0 atom stereocenters. The third-order valence-electron chi connectivity index (χ3n) is 4.25. The van der Waals surface area contributed by atoms with Gasteiger partial charge in [0.05, 0.1) is 20.8 Å². The molecule has 0 saturated heterocycles. The highest BCUT2D eigenvalue weighted by molar-refractivity contribution is 7.93. The van der Waals surface area contributed by atoms with E-state index in [1.54, 1.807) is 29.6 Å². The van der Waals surface area contributed by atoms with Gasteiger partial charge in [-0.25, -0.2) is 18.4 Å². The van der Waals surface area contributed by atoms with E-state index in [0.717, 1.165) is 15.8 Å². The minimum Gasteiger partial charge on any atom is -0.302 e. The number of carbonyl (C=O) groups is 1. The van der Waals surface area contributed by atoms with E-state index in [0.29, 0.717) is 17.2 Å². The van der Waals surface area contributed by atoms with Crippen molar-refractivity contribution in [2.24, 2.45) is 0 Å². The van der Waals surface area contributed by atoms with Gasteiger partial charge in [0.1, 0.15) is 0 Å². The number of fused-ring (bicyclic) bond motifs is 1. The fraction of sp³-hybridized carbons (Fsp3) is 0.150. The SMILES string of the molecule is Cc1ccc(S(=O)(=O)Nc2nc(CCC(=O)Nc3nc4ccccc4s3)cs2)cc1. The molecule has 0 bridgehead atoms. The number of para-hydroxylation sites is 1. The van der Waals surface area contributed by atoms with Crippen molar-refractivity contribution in [1.29, 1.82) is 0 Å². The molecule has 30 heavy (non-hydrogen) atoms. The molecule has 10 heteroatoms. The minimum absolute atomic E-state index is 0.163. The molecule has 1 amide bonds. The molecule has 0 radical (unpaired) electrons. The van der Waals surface area contributed by atoms with Crippen molar-refractivity contribution >= 4 is 59.1 Å². The molecule has 2 N–H and O–H groups in total. The molecule has 0 aliphatic heterocycles. The number of carbonyl (C=O) groups excluding carboxylic acids is 1. The first-order chi connectivity index (χ1) is 14.4. The number of thiazole rings is 2. The van der Waals surface area contributed by atoms with E-state index >= 15 is 0 Å². The summed E-state index contributed by atoms with van der Waals surface area (Å²) in [5.41, 5.74) is 2.48. The van der Waals surface area contributed by atoms with Gasteiger partial charge in [0, 0.05) is 11.8 Å². The number of aryl methyl sites for hydroxylation is 2. The van der Waals surface area contributed by atoms with Crippen molar-refractivity contribution in [3.05, 3.63) is 65.2 Å². The fourth-order valence-corrected chi connectivity index (χ4v) is 5.59. The monoisotopic (exact) mass is 458 g/mol. The van der Waals surface area contributed by atoms with Crippen molar-refractivity contribution in [3.8, 4) is 0 Å². The average molecular weight is 459 g/mol. The highest BCUT2D eigenvalue weighted by atomic mass is 32.2. The number of hydrogen-bond acceptors (Lipinski definition) is 7. The van der Waals surface area contributed by atoms with Gasteiger partial charge in [0.2, 0.25) is 5.91 Å². The van der Waals surface area contributed by atoms with E-state index in [1.807, 2.05) is 31.2 Å². The van der Waals surface area contributed by atoms with Gasteiger partial charge in [-0.1, -0.05) is 41.2 Å². The summed E-state index contributed by atoms with van der Waals surface area (Å²) in [6, 6.07) is 14.3. The van der Waals surface area contributed by atoms with Crippen LogP contribution < -0.4 is 10.0 Å². The van der Waals surface area contributed by atoms with Gasteiger partial charge in [-0.2, -0.15) is 0 Å². The number of nitrogens with zero attached hydrogens (tertiary/aromatic N) is 2. The maximum atomic E-state index is 12.5. The lowest BCUT2D eigenvalue weighted by molar-refractivity contribution is -0.116. The van der Waals surface area contributed by atoms with Crippen LogP contribution >= 0.6 is 22.7 Å². The van der Waals surface area contributed by atoms with Crippen LogP contribution in [0.15, 0.2) is 58.8 Å². The van der Waals surface area contributed by atoms with E-state index in [1.165, 1.54) is 22.7 Å². The molecular weight excluding hydrogens is 440 g/mol. The van der Waals surface area contributed by atoms with Crippen LogP contribution in [0.5, 0.6) is 0 Å². The van der Waals surface area contributed by atoms with Crippen molar-refractivity contribution in [2.75, 3.05) is 10.0 Å². The van der Waals surface area contributed by atoms with Crippen molar-refractivity contribution in [1.82, 2.24) is 9.97 Å². The predicted molar refractivity (Wildman–Crippen MR) is 121 cm³/mol. The number of sulfonamides is 1. The van der Waals surface area contributed by atoms with Gasteiger partial charge in [-0.15, -0.1) is 11.3 Å². The van der Waals surface area contributed by atoms with Gasteiger partial charge in [0.25, 0.3) is 10.0 Å². The lowest BCUT2D eigenvalue weighted by Crippen LogP contribution is -2.13. The zero-order valence-corrected chi connectivity index (χ0v) is 18.4. The highest BCUT2D eigenvalue weighted by Crippen LogP contribution is 2.26. The molecule has 2 heterocycles. The maximum absolute atomic E-state index is 12.5. The molecule has 4 aromatic rings. The summed E-state index contributed by atoms with van der Waals surface area (Å²) in [4.78, 5) is 21.1. The Hall–Kier alpha value is -2.82. The van der Waals surface area contributed by atoms with Crippen LogP contribution in [0.2, 0.25) is 0 Å². The first-order valence-electron chi connectivity index (χ1n) is 9.08. The summed E-state index contributed by atoms with van der Waals surface area (Å²) in [5, 5.41) is 5.39. The Bertz CT molecular complexity index is 1260. The van der Waals surface area contributed by atoms with Crippen LogP contribution in [0.25, 0.3) is 10.2 Å². The molecule has 0 spiro atoms. The van der Waals surface area contributed by atoms with E-state index in [2.05, 4.69) is 20.0 Å². The molecule has 2 aromatic carbocycles. The highest BCUT2D eigenvalue weighted by Gasteiger charge is 2.16. The second kappa shape index (κ2) is 8.50. The minimum atomic E-state index is -3.69. The summed E-state index contributed by atoms with van der Waals surface area (Å²) < 4.78 is 28.4. The quantitative estimate of drug-likeness (QED) is 0.427. The molecule has 0 aliphatic rings. The Morgan fingerprint density at radius 2 is 1.80 bits per heavy atom. The fourth-order valence-electron chi connectivity index (χ4n) is 2.71. The zero-order valence-electron chi connectivity index (χ0n) is 16.0. The molecule has 2 aromatic heterocycles. The summed E-state index contributed by atoms with van der Waals surface area (Å²) >= 11 is 2.61. The van der Waals surface area contributed by atoms with E-state index < -0.39 is 10.0 Å². The van der Waals surface area contributed by atoms with Crippen molar-refractivity contribution in [2.45, 2.75) is 24.7 Å². The Balaban J connectivity index is 1.34. The molecule has 0 unspecified atom stereocenters. The van der Waals surface area contributed by atoms with Crippen LogP contribution in [0.3, 0.4) is 0 Å². The average Bonchev–Trinajstić information content (AvgIpc) is 3.32. The number of rotatable bonds is 7. The smallest absolute Gasteiger partial charge is 0.263 e. The zero-order chi connectivity index (χ0) is 21.1. The molecule has 154 valence electrons. The second-order valence-corrected chi connectivity index (χ2v) is 10.2. The Morgan fingerprint density at radius 1 is 1.03 bits per heavy atom. The lowest BCUT2D eigenvalue weighted by Gasteiger charge is -2.05. The van der Waals surface area contributed by atoms with E-state index in [4.69, 9.17) is 0 Å². The van der Waals surface area contributed by atoms with Crippen LogP contribution in [-0.4, -0.2) is 24.3 Å². The van der Waals surface area contributed by atoms with Gasteiger partial charge in [-0.05, 0) is 37.6 Å². The molecule has 0 saturated carbocycles. The third-order valence-corrected chi connectivity index (χ3v) is 7.50. The Kier molecular flexibility index (Phi) is 5.80. The molecule has 4 rings (SSSR count). The van der Waals surface area contributed by atoms with E-state index in [9.17, 15) is 13.2 Å². The molecule has 7 nitrogen and oxygen atoms in total. The van der Waals surface area contributed by atoms with Crippen LogP contribution in [-0.2, 0) is 21.2 Å². The number of amides is 1. The van der Waals surface area contributed by atoms with Crippen molar-refractivity contribution in [3.63, 3.8) is 0 Å². The van der Waals surface area contributed by atoms with Gasteiger partial charge in [-0.3, -0.25) is 9.52 Å². The number of anilines is 2. The summed E-state index contributed by atoms with van der Waals surface area (Å²) in [6.45, 7) is 1.89. The number of aromatic nitrogens is 2. The predicted octanol–water partition coefficient (Wildman–Crippen LogP) is 4.43. The van der Waals surface area contributed by atoms with Gasteiger partial charge < -0.3 is 5.32 Å². The first-order valence-corrected chi connectivity index (χ1v) is 12.3. The Morgan fingerprint density at radius 3 is 2.57 bits per heavy atom. The normalized spacial score (nSPS) is 11.5. The summed E-state index contributed by atoms with van der Waals surface area (Å²) in [6.07, 6.45) is 0.628. The summed E-state index contributed by atoms with van der Waals surface area (Å²) in [5.74, 6) is -0.163.